The topological polar surface area (TPSA) is 50.4 Å². The van der Waals surface area contributed by atoms with E-state index in [1.807, 2.05) is 41.7 Å². The van der Waals surface area contributed by atoms with E-state index in [4.69, 9.17) is 9.47 Å². The minimum atomic E-state index is 0.254. The molecule has 1 aromatic carbocycles. The molecule has 0 atom stereocenters. The van der Waals surface area contributed by atoms with Crippen LogP contribution in [0.5, 0.6) is 11.5 Å². The molecule has 0 saturated carbocycles. The van der Waals surface area contributed by atoms with Crippen molar-refractivity contribution in [2.24, 2.45) is 0 Å². The molecule has 5 nitrogen and oxygen atoms in total. The highest BCUT2D eigenvalue weighted by atomic mass is 32.1. The summed E-state index contributed by atoms with van der Waals surface area (Å²) in [5.74, 6) is 1.70. The molecule has 1 saturated heterocycles. The summed E-state index contributed by atoms with van der Waals surface area (Å²) in [5, 5.41) is 7.01. The monoisotopic (exact) mass is 341 g/mol. The SMILES string of the molecule is COc1cccc(OC2CN(Cc3ccc(-c4ccn[nH]4)s3)C2)c1. The van der Waals surface area contributed by atoms with Crippen LogP contribution in [-0.2, 0) is 6.54 Å². The van der Waals surface area contributed by atoms with Gasteiger partial charge in [-0.3, -0.25) is 10.00 Å². The standard InChI is InChI=1S/C18H19N3O2S/c1-22-13-3-2-4-14(9-13)23-15-10-21(11-15)12-16-5-6-18(24-16)17-7-8-19-20-17/h2-9,15H,10-12H2,1H3,(H,19,20). The summed E-state index contributed by atoms with van der Waals surface area (Å²) in [4.78, 5) is 4.99. The number of benzene rings is 1. The lowest BCUT2D eigenvalue weighted by Crippen LogP contribution is -2.52. The number of H-pyrrole nitrogens is 1. The Morgan fingerprint density at radius 2 is 2.08 bits per heavy atom. The van der Waals surface area contributed by atoms with Crippen LogP contribution in [0.3, 0.4) is 0 Å². The van der Waals surface area contributed by atoms with E-state index < -0.39 is 0 Å². The van der Waals surface area contributed by atoms with E-state index in [0.717, 1.165) is 36.8 Å². The number of nitrogens with one attached hydrogen (secondary N) is 1. The minimum absolute atomic E-state index is 0.254. The Labute approximate surface area is 144 Å². The number of aromatic amines is 1. The fourth-order valence-electron chi connectivity index (χ4n) is 2.81. The smallest absolute Gasteiger partial charge is 0.124 e. The number of hydrogen-bond donors (Lipinski definition) is 1. The Hall–Kier alpha value is -2.31. The van der Waals surface area contributed by atoms with Crippen molar-refractivity contribution in [1.82, 2.24) is 15.1 Å². The normalized spacial score (nSPS) is 15.2. The van der Waals surface area contributed by atoms with Crippen molar-refractivity contribution >= 4 is 11.3 Å². The van der Waals surface area contributed by atoms with Gasteiger partial charge in [0.25, 0.3) is 0 Å². The lowest BCUT2D eigenvalue weighted by Gasteiger charge is -2.38. The van der Waals surface area contributed by atoms with Crippen LogP contribution in [0.25, 0.3) is 10.6 Å². The van der Waals surface area contributed by atoms with E-state index in [1.54, 1.807) is 13.3 Å². The van der Waals surface area contributed by atoms with Gasteiger partial charge in [-0.05, 0) is 30.3 Å². The first-order valence-electron chi connectivity index (χ1n) is 7.92. The molecule has 2 aromatic heterocycles. The molecule has 1 aliphatic rings. The van der Waals surface area contributed by atoms with E-state index in [-0.39, 0.29) is 6.10 Å². The third-order valence-electron chi connectivity index (χ3n) is 4.07. The lowest BCUT2D eigenvalue weighted by molar-refractivity contribution is 0.0151. The van der Waals surface area contributed by atoms with Crippen molar-refractivity contribution in [3.8, 4) is 22.1 Å². The van der Waals surface area contributed by atoms with Gasteiger partial charge in [0.2, 0.25) is 0 Å². The lowest BCUT2D eigenvalue weighted by atomic mass is 10.1. The van der Waals surface area contributed by atoms with Crippen LogP contribution < -0.4 is 9.47 Å². The van der Waals surface area contributed by atoms with Gasteiger partial charge in [0.05, 0.1) is 17.7 Å². The summed E-state index contributed by atoms with van der Waals surface area (Å²) in [6.45, 7) is 2.87. The summed E-state index contributed by atoms with van der Waals surface area (Å²) >= 11 is 1.81. The van der Waals surface area contributed by atoms with E-state index in [1.165, 1.54) is 9.75 Å². The molecule has 0 unspecified atom stereocenters. The van der Waals surface area contributed by atoms with Crippen molar-refractivity contribution in [3.05, 3.63) is 53.5 Å². The van der Waals surface area contributed by atoms with Crippen LogP contribution in [0.2, 0.25) is 0 Å². The quantitative estimate of drug-likeness (QED) is 0.746. The maximum Gasteiger partial charge on any atom is 0.124 e. The predicted octanol–water partition coefficient (Wildman–Crippen LogP) is 3.41. The van der Waals surface area contributed by atoms with Crippen LogP contribution in [0, 0.1) is 0 Å². The van der Waals surface area contributed by atoms with Gasteiger partial charge in [-0.25, -0.2) is 0 Å². The zero-order chi connectivity index (χ0) is 16.4. The molecule has 4 rings (SSSR count). The van der Waals surface area contributed by atoms with Crippen molar-refractivity contribution in [2.45, 2.75) is 12.6 Å². The first kappa shape index (κ1) is 15.2. The molecule has 3 heterocycles. The Kier molecular flexibility index (Phi) is 4.23. The molecule has 0 amide bonds. The van der Waals surface area contributed by atoms with E-state index in [2.05, 4.69) is 27.2 Å². The molecule has 0 radical (unpaired) electrons. The van der Waals surface area contributed by atoms with E-state index in [0.29, 0.717) is 0 Å². The number of hydrogen-bond acceptors (Lipinski definition) is 5. The van der Waals surface area contributed by atoms with Gasteiger partial charge < -0.3 is 9.47 Å². The Balaban J connectivity index is 1.29. The van der Waals surface area contributed by atoms with Crippen LogP contribution >= 0.6 is 11.3 Å². The average Bonchev–Trinajstić information content (AvgIpc) is 3.24. The number of likely N-dealkylation sites (tertiary alicyclic amines) is 1. The summed E-state index contributed by atoms with van der Waals surface area (Å²) in [5.41, 5.74) is 1.08. The van der Waals surface area contributed by atoms with Crippen LogP contribution in [0.15, 0.2) is 48.7 Å². The third kappa shape index (κ3) is 3.29. The fourth-order valence-corrected chi connectivity index (χ4v) is 3.84. The van der Waals surface area contributed by atoms with Crippen LogP contribution in [-0.4, -0.2) is 41.4 Å². The third-order valence-corrected chi connectivity index (χ3v) is 5.18. The van der Waals surface area contributed by atoms with Gasteiger partial charge in [0, 0.05) is 36.8 Å². The fraction of sp³-hybridized carbons (Fsp3) is 0.278. The highest BCUT2D eigenvalue weighted by Crippen LogP contribution is 2.29. The van der Waals surface area contributed by atoms with E-state index in [9.17, 15) is 0 Å². The highest BCUT2D eigenvalue weighted by molar-refractivity contribution is 7.15. The van der Waals surface area contributed by atoms with Crippen molar-refractivity contribution in [1.29, 1.82) is 0 Å². The zero-order valence-electron chi connectivity index (χ0n) is 13.4. The summed E-state index contributed by atoms with van der Waals surface area (Å²) in [7, 11) is 1.67. The summed E-state index contributed by atoms with van der Waals surface area (Å²) in [6.07, 6.45) is 2.04. The molecule has 0 bridgehead atoms. The summed E-state index contributed by atoms with van der Waals surface area (Å²) in [6, 6.07) is 14.1. The maximum absolute atomic E-state index is 5.99. The molecule has 1 fully saturated rings. The number of nitrogens with zero attached hydrogens (tertiary/aromatic N) is 2. The molecule has 0 spiro atoms. The molecule has 24 heavy (non-hydrogen) atoms. The van der Waals surface area contributed by atoms with Gasteiger partial charge in [0.15, 0.2) is 0 Å². The largest absolute Gasteiger partial charge is 0.497 e. The Morgan fingerprint density at radius 3 is 2.88 bits per heavy atom. The second-order valence-corrected chi connectivity index (χ2v) is 7.02. The van der Waals surface area contributed by atoms with Gasteiger partial charge in [-0.2, -0.15) is 5.10 Å². The van der Waals surface area contributed by atoms with E-state index >= 15 is 0 Å². The number of rotatable bonds is 6. The molecule has 124 valence electrons. The molecule has 3 aromatic rings. The van der Waals surface area contributed by atoms with Crippen molar-refractivity contribution < 1.29 is 9.47 Å². The highest BCUT2D eigenvalue weighted by Gasteiger charge is 2.28. The first-order valence-corrected chi connectivity index (χ1v) is 8.73. The van der Waals surface area contributed by atoms with Gasteiger partial charge in [-0.1, -0.05) is 6.07 Å². The number of methoxy groups -OCH3 is 1. The number of thiophene rings is 1. The van der Waals surface area contributed by atoms with Crippen molar-refractivity contribution in [2.75, 3.05) is 20.2 Å². The zero-order valence-corrected chi connectivity index (χ0v) is 14.3. The maximum atomic E-state index is 5.99. The van der Waals surface area contributed by atoms with Crippen LogP contribution in [0.1, 0.15) is 4.88 Å². The molecule has 6 heteroatoms. The van der Waals surface area contributed by atoms with Gasteiger partial charge >= 0.3 is 0 Å². The second kappa shape index (κ2) is 6.67. The molecule has 1 aliphatic heterocycles. The van der Waals surface area contributed by atoms with Crippen molar-refractivity contribution in [3.63, 3.8) is 0 Å². The average molecular weight is 341 g/mol. The number of ether oxygens (including phenoxy) is 2. The molecular weight excluding hydrogens is 322 g/mol. The molecule has 1 N–H and O–H groups in total. The van der Waals surface area contributed by atoms with Gasteiger partial charge in [-0.15, -0.1) is 11.3 Å². The minimum Gasteiger partial charge on any atom is -0.497 e. The van der Waals surface area contributed by atoms with Gasteiger partial charge in [0.1, 0.15) is 17.6 Å². The number of aromatic nitrogens is 2. The molecule has 0 aliphatic carbocycles. The van der Waals surface area contributed by atoms with Crippen LogP contribution in [0.4, 0.5) is 0 Å². The Bertz CT molecular complexity index is 794. The predicted molar refractivity (Wildman–Crippen MR) is 94.6 cm³/mol. The summed E-state index contributed by atoms with van der Waals surface area (Å²) < 4.78 is 11.2. The first-order chi connectivity index (χ1) is 11.8. The Morgan fingerprint density at radius 1 is 1.21 bits per heavy atom. The molecular formula is C18H19N3O2S. The second-order valence-electron chi connectivity index (χ2n) is 5.85.